The number of hydrogen-bond acceptors (Lipinski definition) is 1. The van der Waals surface area contributed by atoms with Gasteiger partial charge >= 0.3 is 7.45 Å². The summed E-state index contributed by atoms with van der Waals surface area (Å²) in [6.07, 6.45) is 0. The fourth-order valence-corrected chi connectivity index (χ4v) is 3.77. The molecule has 17 heavy (non-hydrogen) atoms. The van der Waals surface area contributed by atoms with Gasteiger partial charge in [0.1, 0.15) is 0 Å². The van der Waals surface area contributed by atoms with Gasteiger partial charge in [-0.25, -0.2) is 0 Å². The average Bonchev–Trinajstić information content (AvgIpc) is 2.29. The Bertz CT molecular complexity index is 543. The molecule has 88 valence electrons. The highest BCUT2D eigenvalue weighted by molar-refractivity contribution is 7.74. The van der Waals surface area contributed by atoms with Gasteiger partial charge in [-0.15, -0.1) is 0 Å². The minimum absolute atomic E-state index is 0.300. The zero-order chi connectivity index (χ0) is 12.5. The second-order valence-electron chi connectivity index (χ2n) is 4.11. The van der Waals surface area contributed by atoms with Crippen molar-refractivity contribution >= 4 is 18.1 Å². The highest BCUT2D eigenvalue weighted by Gasteiger charge is 2.29. The number of halogens is 1. The summed E-state index contributed by atoms with van der Waals surface area (Å²) in [7, 11) is -3.97. The summed E-state index contributed by atoms with van der Waals surface area (Å²) in [5.74, 6) is 0. The van der Waals surface area contributed by atoms with Crippen molar-refractivity contribution in [3.05, 3.63) is 59.7 Å². The Morgan fingerprint density at radius 2 is 1.18 bits per heavy atom. The van der Waals surface area contributed by atoms with Gasteiger partial charge in [0, 0.05) is 10.6 Å². The normalized spacial score (nSPS) is 11.5. The molecule has 0 bridgehead atoms. The van der Waals surface area contributed by atoms with Gasteiger partial charge in [0.15, 0.2) is 0 Å². The molecule has 0 amide bonds. The van der Waals surface area contributed by atoms with Crippen LogP contribution in [0.25, 0.3) is 0 Å². The second kappa shape index (κ2) is 4.46. The summed E-state index contributed by atoms with van der Waals surface area (Å²) >= 11 is 0. The minimum atomic E-state index is -3.97. The van der Waals surface area contributed by atoms with E-state index in [2.05, 4.69) is 0 Å². The highest BCUT2D eigenvalue weighted by atomic mass is 31.2. The molecule has 0 aromatic heterocycles. The largest absolute Gasteiger partial charge is 0.300 e. The molecule has 0 heterocycles. The van der Waals surface area contributed by atoms with Crippen LogP contribution in [0, 0.1) is 13.8 Å². The van der Waals surface area contributed by atoms with Crippen molar-refractivity contribution in [2.45, 2.75) is 13.8 Å². The SMILES string of the molecule is Cc1ccccc1P(=O)(F)c1ccccc1C. The zero-order valence-corrected chi connectivity index (χ0v) is 10.7. The standard InChI is InChI=1S/C14H14FOP/c1-11-7-3-5-9-13(11)17(15,16)14-10-6-4-8-12(14)2/h3-10H,1-2H3. The molecule has 0 aliphatic rings. The third kappa shape index (κ3) is 2.18. The first-order valence-corrected chi connectivity index (χ1v) is 7.05. The number of hydrogen-bond donors (Lipinski definition) is 0. The second-order valence-corrected chi connectivity index (χ2v) is 6.13. The molecule has 1 nitrogen and oxygen atoms in total. The van der Waals surface area contributed by atoms with Crippen molar-refractivity contribution in [3.63, 3.8) is 0 Å². The van der Waals surface area contributed by atoms with Crippen LogP contribution >= 0.6 is 7.45 Å². The van der Waals surface area contributed by atoms with Crippen molar-refractivity contribution in [2.24, 2.45) is 0 Å². The quantitative estimate of drug-likeness (QED) is 0.743. The molecule has 0 fully saturated rings. The van der Waals surface area contributed by atoms with Gasteiger partial charge in [-0.3, -0.25) is 4.57 Å². The summed E-state index contributed by atoms with van der Waals surface area (Å²) in [6, 6.07) is 13.8. The van der Waals surface area contributed by atoms with Gasteiger partial charge < -0.3 is 0 Å². The van der Waals surface area contributed by atoms with E-state index in [9.17, 15) is 8.76 Å². The lowest BCUT2D eigenvalue weighted by Gasteiger charge is -2.14. The van der Waals surface area contributed by atoms with Gasteiger partial charge in [-0.05, 0) is 37.1 Å². The molecule has 2 aromatic rings. The third-order valence-corrected chi connectivity index (χ3v) is 5.09. The Labute approximate surface area is 101 Å². The van der Waals surface area contributed by atoms with Crippen LogP contribution in [0.2, 0.25) is 0 Å². The van der Waals surface area contributed by atoms with Crippen LogP contribution in [0.1, 0.15) is 11.1 Å². The van der Waals surface area contributed by atoms with Crippen LogP contribution in [-0.4, -0.2) is 0 Å². The summed E-state index contributed by atoms with van der Waals surface area (Å²) in [6.45, 7) is 3.56. The fourth-order valence-electron chi connectivity index (χ4n) is 1.90. The van der Waals surface area contributed by atoms with E-state index in [-0.39, 0.29) is 0 Å². The number of aryl methyl sites for hydroxylation is 2. The van der Waals surface area contributed by atoms with E-state index in [0.29, 0.717) is 10.6 Å². The Kier molecular flexibility index (Phi) is 3.17. The molecular weight excluding hydrogens is 234 g/mol. The van der Waals surface area contributed by atoms with Crippen LogP contribution in [0.4, 0.5) is 4.20 Å². The lowest BCUT2D eigenvalue weighted by atomic mass is 10.2. The van der Waals surface area contributed by atoms with Gasteiger partial charge in [-0.1, -0.05) is 36.4 Å². The van der Waals surface area contributed by atoms with Crippen LogP contribution in [-0.2, 0) is 4.57 Å². The van der Waals surface area contributed by atoms with Crippen LogP contribution in [0.5, 0.6) is 0 Å². The molecule has 2 aromatic carbocycles. The van der Waals surface area contributed by atoms with E-state index in [1.165, 1.54) is 0 Å². The fraction of sp³-hybridized carbons (Fsp3) is 0.143. The Balaban J connectivity index is 2.63. The van der Waals surface area contributed by atoms with E-state index in [1.54, 1.807) is 50.2 Å². The van der Waals surface area contributed by atoms with Gasteiger partial charge in [-0.2, -0.15) is 4.20 Å². The lowest BCUT2D eigenvalue weighted by molar-refractivity contribution is 0.558. The maximum Gasteiger partial charge on any atom is 0.300 e. The molecule has 0 saturated carbocycles. The lowest BCUT2D eigenvalue weighted by Crippen LogP contribution is -2.17. The molecule has 0 radical (unpaired) electrons. The highest BCUT2D eigenvalue weighted by Crippen LogP contribution is 2.46. The van der Waals surface area contributed by atoms with E-state index in [0.717, 1.165) is 11.1 Å². The molecule has 0 N–H and O–H groups in total. The van der Waals surface area contributed by atoms with E-state index < -0.39 is 7.45 Å². The van der Waals surface area contributed by atoms with Crippen molar-refractivity contribution in [2.75, 3.05) is 0 Å². The molecule has 0 aliphatic heterocycles. The van der Waals surface area contributed by atoms with E-state index >= 15 is 0 Å². The van der Waals surface area contributed by atoms with Gasteiger partial charge in [0.05, 0.1) is 0 Å². The first-order chi connectivity index (χ1) is 8.03. The van der Waals surface area contributed by atoms with Crippen molar-refractivity contribution in [1.29, 1.82) is 0 Å². The first-order valence-electron chi connectivity index (χ1n) is 5.45. The molecule has 0 saturated heterocycles. The Morgan fingerprint density at radius 3 is 1.53 bits per heavy atom. The Morgan fingerprint density at radius 1 is 0.824 bits per heavy atom. The van der Waals surface area contributed by atoms with Crippen molar-refractivity contribution in [1.82, 2.24) is 0 Å². The molecule has 2 rings (SSSR count). The molecule has 0 atom stereocenters. The molecule has 0 aliphatic carbocycles. The summed E-state index contributed by atoms with van der Waals surface area (Å²) in [4.78, 5) is 0. The number of benzene rings is 2. The predicted molar refractivity (Wildman–Crippen MR) is 70.3 cm³/mol. The first kappa shape index (κ1) is 12.1. The molecular formula is C14H14FOP. The maximum atomic E-state index is 14.6. The van der Waals surface area contributed by atoms with Crippen LogP contribution in [0.15, 0.2) is 48.5 Å². The predicted octanol–water partition coefficient (Wildman–Crippen LogP) is 3.50. The minimum Gasteiger partial charge on any atom is -0.277 e. The van der Waals surface area contributed by atoms with Crippen molar-refractivity contribution < 1.29 is 8.76 Å². The molecule has 3 heteroatoms. The van der Waals surface area contributed by atoms with Gasteiger partial charge in [0.2, 0.25) is 0 Å². The Hall–Kier alpha value is -1.40. The van der Waals surface area contributed by atoms with Crippen LogP contribution in [0.3, 0.4) is 0 Å². The smallest absolute Gasteiger partial charge is 0.277 e. The summed E-state index contributed by atoms with van der Waals surface area (Å²) < 4.78 is 27.0. The van der Waals surface area contributed by atoms with Crippen molar-refractivity contribution in [3.8, 4) is 0 Å². The van der Waals surface area contributed by atoms with Gasteiger partial charge in [0.25, 0.3) is 0 Å². The summed E-state index contributed by atoms with van der Waals surface area (Å²) in [5.41, 5.74) is 1.45. The molecule has 0 spiro atoms. The summed E-state index contributed by atoms with van der Waals surface area (Å²) in [5, 5.41) is 0.601. The van der Waals surface area contributed by atoms with E-state index in [4.69, 9.17) is 0 Å². The molecule has 0 unspecified atom stereocenters. The zero-order valence-electron chi connectivity index (χ0n) is 9.85. The average molecular weight is 248 g/mol. The third-order valence-electron chi connectivity index (χ3n) is 2.85. The van der Waals surface area contributed by atoms with E-state index in [1.807, 2.05) is 12.1 Å². The number of rotatable bonds is 2. The topological polar surface area (TPSA) is 17.1 Å². The van der Waals surface area contributed by atoms with Crippen LogP contribution < -0.4 is 10.6 Å². The monoisotopic (exact) mass is 248 g/mol. The maximum absolute atomic E-state index is 14.6.